The SMILES string of the molecule is CC(C)(C)OC(=O)N1CCN(CCNC(=O)c2cnccc2Nc2cc(-c3cc(Cl)ccc3F)nc3c2OCCN3)CC1. The Hall–Kier alpha value is -4.16. The van der Waals surface area contributed by atoms with Crippen molar-refractivity contribution in [2.24, 2.45) is 0 Å². The quantitative estimate of drug-likeness (QED) is 0.347. The number of nitrogens with zero attached hydrogens (tertiary/aromatic N) is 4. The number of piperazine rings is 1. The Balaban J connectivity index is 1.25. The maximum atomic E-state index is 14.7. The van der Waals surface area contributed by atoms with Crippen LogP contribution in [0.15, 0.2) is 42.7 Å². The molecule has 0 radical (unpaired) electrons. The van der Waals surface area contributed by atoms with E-state index in [4.69, 9.17) is 21.1 Å². The molecule has 13 heteroatoms. The third kappa shape index (κ3) is 7.63. The highest BCUT2D eigenvalue weighted by Gasteiger charge is 2.26. The Kier molecular flexibility index (Phi) is 9.16. The van der Waals surface area contributed by atoms with Gasteiger partial charge in [-0.25, -0.2) is 14.2 Å². The van der Waals surface area contributed by atoms with Gasteiger partial charge >= 0.3 is 6.09 Å². The molecule has 2 aliphatic heterocycles. The number of halogens is 2. The summed E-state index contributed by atoms with van der Waals surface area (Å²) in [5, 5.41) is 9.81. The van der Waals surface area contributed by atoms with Crippen LogP contribution in [0, 0.1) is 5.82 Å². The van der Waals surface area contributed by atoms with E-state index in [1.165, 1.54) is 24.4 Å². The first-order valence-electron chi connectivity index (χ1n) is 14.1. The second-order valence-electron chi connectivity index (χ2n) is 11.2. The number of fused-ring (bicyclic) bond motifs is 1. The first kappa shape index (κ1) is 30.3. The van der Waals surface area contributed by atoms with Crippen LogP contribution in [0.2, 0.25) is 5.02 Å². The molecule has 4 heterocycles. The molecule has 228 valence electrons. The fourth-order valence-electron chi connectivity index (χ4n) is 4.78. The van der Waals surface area contributed by atoms with Gasteiger partial charge in [0.1, 0.15) is 18.0 Å². The van der Waals surface area contributed by atoms with Gasteiger partial charge in [-0.1, -0.05) is 11.6 Å². The van der Waals surface area contributed by atoms with Gasteiger partial charge in [0.2, 0.25) is 0 Å². The lowest BCUT2D eigenvalue weighted by atomic mass is 10.1. The summed E-state index contributed by atoms with van der Waals surface area (Å²) in [5.74, 6) is 0.157. The molecule has 1 aromatic carbocycles. The van der Waals surface area contributed by atoms with Crippen molar-refractivity contribution in [1.29, 1.82) is 0 Å². The molecule has 43 heavy (non-hydrogen) atoms. The molecule has 0 atom stereocenters. The minimum atomic E-state index is -0.532. The second kappa shape index (κ2) is 13.0. The van der Waals surface area contributed by atoms with E-state index in [9.17, 15) is 14.0 Å². The number of pyridine rings is 2. The van der Waals surface area contributed by atoms with Crippen LogP contribution in [0.4, 0.5) is 26.4 Å². The van der Waals surface area contributed by atoms with E-state index in [0.29, 0.717) is 91.6 Å². The molecule has 2 aromatic heterocycles. The molecule has 11 nitrogen and oxygen atoms in total. The highest BCUT2D eigenvalue weighted by molar-refractivity contribution is 6.30. The molecule has 3 N–H and O–H groups in total. The smallest absolute Gasteiger partial charge is 0.410 e. The molecular weight excluding hydrogens is 577 g/mol. The summed E-state index contributed by atoms with van der Waals surface area (Å²) in [6.07, 6.45) is 2.76. The van der Waals surface area contributed by atoms with Gasteiger partial charge in [-0.3, -0.25) is 14.7 Å². The van der Waals surface area contributed by atoms with E-state index >= 15 is 0 Å². The van der Waals surface area contributed by atoms with Gasteiger partial charge in [-0.15, -0.1) is 0 Å². The summed E-state index contributed by atoms with van der Waals surface area (Å²) in [5.41, 5.74) is 1.40. The Morgan fingerprint density at radius 3 is 2.70 bits per heavy atom. The van der Waals surface area contributed by atoms with Crippen molar-refractivity contribution in [3.05, 3.63) is 59.1 Å². The van der Waals surface area contributed by atoms with Gasteiger partial charge in [0, 0.05) is 62.2 Å². The Bertz CT molecular complexity index is 1490. The largest absolute Gasteiger partial charge is 0.486 e. The lowest BCUT2D eigenvalue weighted by Gasteiger charge is -2.35. The van der Waals surface area contributed by atoms with Gasteiger partial charge in [0.15, 0.2) is 11.6 Å². The van der Waals surface area contributed by atoms with Crippen LogP contribution in [0.1, 0.15) is 31.1 Å². The number of hydrogen-bond acceptors (Lipinski definition) is 9. The normalized spacial score (nSPS) is 15.1. The number of carbonyl (C=O) groups is 2. The number of ether oxygens (including phenoxy) is 2. The van der Waals surface area contributed by atoms with Crippen LogP contribution in [0.5, 0.6) is 5.75 Å². The molecule has 0 spiro atoms. The zero-order chi connectivity index (χ0) is 30.6. The lowest BCUT2D eigenvalue weighted by Crippen LogP contribution is -2.51. The topological polar surface area (TPSA) is 121 Å². The molecule has 5 rings (SSSR count). The average Bonchev–Trinajstić information content (AvgIpc) is 2.98. The molecule has 1 saturated heterocycles. The average molecular weight is 612 g/mol. The fraction of sp³-hybridized carbons (Fsp3) is 0.400. The highest BCUT2D eigenvalue weighted by Crippen LogP contribution is 2.40. The molecule has 1 fully saturated rings. The van der Waals surface area contributed by atoms with Crippen LogP contribution in [0.25, 0.3) is 11.3 Å². The first-order chi connectivity index (χ1) is 20.6. The number of aromatic nitrogens is 2. The highest BCUT2D eigenvalue weighted by atomic mass is 35.5. The van der Waals surface area contributed by atoms with Gasteiger partial charge in [-0.2, -0.15) is 0 Å². The Labute approximate surface area is 254 Å². The Morgan fingerprint density at radius 2 is 1.93 bits per heavy atom. The Morgan fingerprint density at radius 1 is 1.14 bits per heavy atom. The van der Waals surface area contributed by atoms with Crippen molar-refractivity contribution in [1.82, 2.24) is 25.1 Å². The number of hydrogen-bond donors (Lipinski definition) is 3. The molecule has 2 amide bonds. The van der Waals surface area contributed by atoms with E-state index in [1.807, 2.05) is 20.8 Å². The van der Waals surface area contributed by atoms with Gasteiger partial charge in [0.25, 0.3) is 5.91 Å². The number of anilines is 3. The monoisotopic (exact) mass is 611 g/mol. The number of amides is 2. The van der Waals surface area contributed by atoms with Crippen molar-refractivity contribution < 1.29 is 23.5 Å². The molecular formula is C30H35ClFN7O4. The summed E-state index contributed by atoms with van der Waals surface area (Å²) in [7, 11) is 0. The minimum absolute atomic E-state index is 0.241. The third-order valence-corrected chi connectivity index (χ3v) is 7.13. The zero-order valence-electron chi connectivity index (χ0n) is 24.4. The minimum Gasteiger partial charge on any atom is -0.486 e. The molecule has 2 aliphatic rings. The van der Waals surface area contributed by atoms with Gasteiger partial charge in [0.05, 0.1) is 29.2 Å². The summed E-state index contributed by atoms with van der Waals surface area (Å²) >= 11 is 6.14. The number of nitrogens with one attached hydrogen (secondary N) is 3. The number of carbonyl (C=O) groups excluding carboxylic acids is 2. The summed E-state index contributed by atoms with van der Waals surface area (Å²) in [6.45, 7) is 10.0. The summed E-state index contributed by atoms with van der Waals surface area (Å²) < 4.78 is 26.1. The van der Waals surface area contributed by atoms with Crippen LogP contribution in [-0.2, 0) is 4.74 Å². The molecule has 0 bridgehead atoms. The number of rotatable bonds is 7. The first-order valence-corrected chi connectivity index (χ1v) is 14.5. The standard InChI is InChI=1S/C30H35ClFN7O4/c1-30(2,3)43-29(41)39-13-11-38(12-14-39)10-8-35-28(40)21-18-33-7-6-23(21)36-25-17-24(20-16-19(31)4-5-22(20)32)37-27-26(25)42-15-9-34-27/h4-7,16-18H,8-15H2,1-3H3,(H,35,40)(H2,33,34,36,37). The predicted octanol–water partition coefficient (Wildman–Crippen LogP) is 4.77. The van der Waals surface area contributed by atoms with Crippen LogP contribution < -0.4 is 20.7 Å². The summed E-state index contributed by atoms with van der Waals surface area (Å²) in [6, 6.07) is 7.64. The number of benzene rings is 1. The van der Waals surface area contributed by atoms with Crippen LogP contribution in [0.3, 0.4) is 0 Å². The van der Waals surface area contributed by atoms with Crippen molar-refractivity contribution in [3.8, 4) is 17.0 Å². The van der Waals surface area contributed by atoms with E-state index in [2.05, 4.69) is 30.8 Å². The van der Waals surface area contributed by atoms with E-state index in [0.717, 1.165) is 0 Å². The van der Waals surface area contributed by atoms with Gasteiger partial charge in [-0.05, 0) is 51.1 Å². The van der Waals surface area contributed by atoms with E-state index < -0.39 is 11.4 Å². The van der Waals surface area contributed by atoms with Crippen molar-refractivity contribution in [2.45, 2.75) is 26.4 Å². The lowest BCUT2D eigenvalue weighted by molar-refractivity contribution is 0.0147. The van der Waals surface area contributed by atoms with Gasteiger partial charge < -0.3 is 30.3 Å². The fourth-order valence-corrected chi connectivity index (χ4v) is 4.95. The van der Waals surface area contributed by atoms with E-state index in [-0.39, 0.29) is 17.6 Å². The molecule has 0 saturated carbocycles. The predicted molar refractivity (Wildman–Crippen MR) is 163 cm³/mol. The van der Waals surface area contributed by atoms with Crippen molar-refractivity contribution in [2.75, 3.05) is 63.1 Å². The zero-order valence-corrected chi connectivity index (χ0v) is 25.1. The molecule has 0 unspecified atom stereocenters. The molecule has 0 aliphatic carbocycles. The maximum absolute atomic E-state index is 14.7. The van der Waals surface area contributed by atoms with Crippen LogP contribution >= 0.6 is 11.6 Å². The van der Waals surface area contributed by atoms with Crippen LogP contribution in [-0.4, -0.2) is 89.8 Å². The third-order valence-electron chi connectivity index (χ3n) is 6.89. The van der Waals surface area contributed by atoms with E-state index in [1.54, 1.807) is 23.2 Å². The molecule has 3 aromatic rings. The summed E-state index contributed by atoms with van der Waals surface area (Å²) in [4.78, 5) is 38.2. The van der Waals surface area contributed by atoms with Crippen molar-refractivity contribution >= 4 is 40.8 Å². The second-order valence-corrected chi connectivity index (χ2v) is 11.7. The maximum Gasteiger partial charge on any atom is 0.410 e. The van der Waals surface area contributed by atoms with Crippen molar-refractivity contribution in [3.63, 3.8) is 0 Å².